The van der Waals surface area contributed by atoms with Crippen LogP contribution in [0.5, 0.6) is 0 Å². The Kier molecular flexibility index (Phi) is 9.02. The number of carbonyl (C=O) groups excluding carboxylic acids is 1. The summed E-state index contributed by atoms with van der Waals surface area (Å²) in [6, 6.07) is 0. The molecule has 4 aliphatic rings. The smallest absolute Gasteiger partial charge is 0.407 e. The van der Waals surface area contributed by atoms with Crippen LogP contribution in [0.1, 0.15) is 126 Å². The molecule has 1 heterocycles. The molecule has 7 nitrogen and oxygen atoms in total. The predicted molar refractivity (Wildman–Crippen MR) is 197 cm³/mol. The van der Waals surface area contributed by atoms with Gasteiger partial charge in [0.05, 0.1) is 6.20 Å². The molecule has 0 saturated heterocycles. The van der Waals surface area contributed by atoms with Crippen LogP contribution in [-0.4, -0.2) is 57.8 Å². The number of fused-ring (bicyclic) bond motifs is 5. The van der Waals surface area contributed by atoms with Gasteiger partial charge in [-0.2, -0.15) is 5.10 Å². The summed E-state index contributed by atoms with van der Waals surface area (Å²) in [6.07, 6.45) is 9.81. The zero-order valence-electron chi connectivity index (χ0n) is 32.8. The van der Waals surface area contributed by atoms with Crippen molar-refractivity contribution in [3.8, 4) is 0 Å². The predicted octanol–water partition coefficient (Wildman–Crippen LogP) is 9.75. The van der Waals surface area contributed by atoms with Gasteiger partial charge in [0.2, 0.25) is 0 Å². The van der Waals surface area contributed by atoms with Gasteiger partial charge in [0.1, 0.15) is 5.60 Å². The Labute approximate surface area is 289 Å². The highest BCUT2D eigenvalue weighted by molar-refractivity contribution is 6.74. The topological polar surface area (TPSA) is 85.5 Å². The lowest BCUT2D eigenvalue weighted by Gasteiger charge is -2.57. The molecule has 4 aliphatic carbocycles. The van der Waals surface area contributed by atoms with Crippen molar-refractivity contribution in [1.82, 2.24) is 15.5 Å². The average Bonchev–Trinajstić information content (AvgIpc) is 3.20. The number of aromatic nitrogens is 2. The largest absolute Gasteiger partial charge is 0.444 e. The van der Waals surface area contributed by atoms with Gasteiger partial charge >= 0.3 is 6.09 Å². The number of alkyl carbamates (subject to hydrolysis) is 1. The first kappa shape index (κ1) is 37.1. The maximum absolute atomic E-state index is 13.2. The van der Waals surface area contributed by atoms with E-state index in [1.165, 1.54) is 11.3 Å². The third kappa shape index (κ3) is 6.13. The highest BCUT2D eigenvalue weighted by Gasteiger charge is 2.81. The molecular weight excluding hydrogens is 619 g/mol. The second kappa shape index (κ2) is 11.4. The maximum Gasteiger partial charge on any atom is 0.407 e. The molecule has 2 N–H and O–H groups in total. The lowest BCUT2D eigenvalue weighted by Crippen LogP contribution is -2.56. The first-order chi connectivity index (χ1) is 21.2. The van der Waals surface area contributed by atoms with E-state index in [-0.39, 0.29) is 43.9 Å². The molecule has 7 atom stereocenters. The van der Waals surface area contributed by atoms with Gasteiger partial charge in [-0.25, -0.2) is 4.79 Å². The van der Waals surface area contributed by atoms with E-state index in [0.29, 0.717) is 18.4 Å². The van der Waals surface area contributed by atoms with Gasteiger partial charge in [0.15, 0.2) is 16.6 Å². The molecule has 0 aliphatic heterocycles. The SMILES string of the molecule is CC(C)(C)OC(=O)NC[C@]12C[C@]1([C@@]1(C)CCC(O[Si](C)(C)C(C)(C)C)C[C@@H]1CO[Si](C)(C)C(C)(C)C)CC[C@]1(C)c3[nH]ncc3C[C@@H]21. The number of aromatic amines is 1. The molecule has 47 heavy (non-hydrogen) atoms. The van der Waals surface area contributed by atoms with Crippen LogP contribution >= 0.6 is 0 Å². The van der Waals surface area contributed by atoms with Crippen LogP contribution in [0.4, 0.5) is 4.79 Å². The summed E-state index contributed by atoms with van der Waals surface area (Å²) in [6.45, 7) is 36.1. The molecule has 0 spiro atoms. The van der Waals surface area contributed by atoms with Gasteiger partial charge in [-0.15, -0.1) is 0 Å². The summed E-state index contributed by atoms with van der Waals surface area (Å²) in [5, 5.41) is 11.6. The standard InChI is InChI=1S/C38H69N3O4Si2/c1-32(2,3)44-31(42)39-25-37-24-38(37,19-18-35(10)29(37)20-26-22-40-41-30(26)35)36(11)17-16-28(45-47(14,15)34(7,8)9)21-27(36)23-43-46(12,13)33(4,5)6/h22,27-29H,16-21,23-25H2,1-15H3,(H,39,42)(H,40,41)/t27-,28?,29-,35+,36+,37+,38+/m1/s1. The van der Waals surface area contributed by atoms with E-state index in [1.807, 2.05) is 20.8 Å². The Morgan fingerprint density at radius 3 is 2.21 bits per heavy atom. The van der Waals surface area contributed by atoms with E-state index in [2.05, 4.69) is 103 Å². The molecule has 0 aromatic carbocycles. The van der Waals surface area contributed by atoms with Crippen LogP contribution in [0.25, 0.3) is 0 Å². The number of hydrogen-bond acceptors (Lipinski definition) is 5. The van der Waals surface area contributed by atoms with Crippen molar-refractivity contribution >= 4 is 22.7 Å². The van der Waals surface area contributed by atoms with E-state index in [4.69, 9.17) is 13.6 Å². The van der Waals surface area contributed by atoms with Gasteiger partial charge in [-0.1, -0.05) is 55.4 Å². The number of H-pyrrole nitrogens is 1. The zero-order valence-corrected chi connectivity index (χ0v) is 34.8. The second-order valence-corrected chi connectivity index (χ2v) is 30.2. The van der Waals surface area contributed by atoms with Gasteiger partial charge < -0.3 is 18.9 Å². The minimum absolute atomic E-state index is 0.00609. The first-order valence-corrected chi connectivity index (χ1v) is 24.4. The second-order valence-electron chi connectivity index (χ2n) is 20.7. The third-order valence-electron chi connectivity index (χ3n) is 14.9. The number of rotatable bonds is 8. The van der Waals surface area contributed by atoms with Crippen molar-refractivity contribution in [3.63, 3.8) is 0 Å². The van der Waals surface area contributed by atoms with Crippen molar-refractivity contribution < 1.29 is 18.4 Å². The fourth-order valence-corrected chi connectivity index (χ4v) is 12.3. The van der Waals surface area contributed by atoms with Crippen LogP contribution in [0.3, 0.4) is 0 Å². The molecule has 0 bridgehead atoms. The van der Waals surface area contributed by atoms with E-state index < -0.39 is 22.2 Å². The number of carbonyl (C=O) groups is 1. The summed E-state index contributed by atoms with van der Waals surface area (Å²) in [7, 11) is -3.89. The Morgan fingerprint density at radius 2 is 1.62 bits per heavy atom. The van der Waals surface area contributed by atoms with Crippen LogP contribution in [-0.2, 0) is 25.4 Å². The van der Waals surface area contributed by atoms with E-state index >= 15 is 0 Å². The van der Waals surface area contributed by atoms with Crippen LogP contribution < -0.4 is 5.32 Å². The molecule has 1 amide bonds. The summed E-state index contributed by atoms with van der Waals surface area (Å²) >= 11 is 0. The zero-order chi connectivity index (χ0) is 35.3. The molecule has 1 unspecified atom stereocenters. The Morgan fingerprint density at radius 1 is 0.979 bits per heavy atom. The number of amides is 1. The van der Waals surface area contributed by atoms with Crippen molar-refractivity contribution in [2.24, 2.45) is 28.1 Å². The summed E-state index contributed by atoms with van der Waals surface area (Å²) in [5.74, 6) is 0.844. The van der Waals surface area contributed by atoms with Gasteiger partial charge in [0, 0.05) is 30.4 Å². The monoisotopic (exact) mass is 687 g/mol. The van der Waals surface area contributed by atoms with Crippen LogP contribution in [0.2, 0.25) is 36.3 Å². The average molecular weight is 688 g/mol. The number of nitrogens with one attached hydrogen (secondary N) is 2. The molecule has 5 rings (SSSR count). The number of ether oxygens (including phenoxy) is 1. The van der Waals surface area contributed by atoms with Crippen molar-refractivity contribution in [1.29, 1.82) is 0 Å². The Hall–Kier alpha value is -1.17. The maximum atomic E-state index is 13.2. The van der Waals surface area contributed by atoms with Gasteiger partial charge in [-0.3, -0.25) is 5.10 Å². The highest BCUT2D eigenvalue weighted by atomic mass is 28.4. The minimum Gasteiger partial charge on any atom is -0.444 e. The van der Waals surface area contributed by atoms with Crippen molar-refractivity contribution in [3.05, 3.63) is 17.5 Å². The van der Waals surface area contributed by atoms with Crippen molar-refractivity contribution in [2.45, 2.75) is 174 Å². The molecular formula is C38H69N3O4Si2. The van der Waals surface area contributed by atoms with Gasteiger partial charge in [-0.05, 0) is 136 Å². The quantitative estimate of drug-likeness (QED) is 0.266. The molecule has 3 fully saturated rings. The lowest BCUT2D eigenvalue weighted by molar-refractivity contribution is -0.0889. The Balaban J connectivity index is 1.51. The number of nitrogens with zero attached hydrogens (tertiary/aromatic N) is 1. The molecule has 9 heteroatoms. The highest BCUT2D eigenvalue weighted by Crippen LogP contribution is 2.85. The summed E-state index contributed by atoms with van der Waals surface area (Å²) in [5.41, 5.74) is 2.40. The van der Waals surface area contributed by atoms with Gasteiger partial charge in [0.25, 0.3) is 0 Å². The molecule has 3 saturated carbocycles. The fraction of sp³-hybridized carbons (Fsp3) is 0.895. The van der Waals surface area contributed by atoms with E-state index in [1.54, 1.807) is 0 Å². The number of hydrogen-bond donors (Lipinski definition) is 2. The lowest BCUT2D eigenvalue weighted by atomic mass is 9.49. The summed E-state index contributed by atoms with van der Waals surface area (Å²) in [4.78, 5) is 13.2. The van der Waals surface area contributed by atoms with Crippen LogP contribution in [0.15, 0.2) is 6.20 Å². The fourth-order valence-electron chi connectivity index (χ4n) is 9.87. The third-order valence-corrected chi connectivity index (χ3v) is 23.9. The molecule has 1 aromatic heterocycles. The Bertz CT molecular complexity index is 1340. The molecule has 0 radical (unpaired) electrons. The van der Waals surface area contributed by atoms with E-state index in [0.717, 1.165) is 51.6 Å². The van der Waals surface area contributed by atoms with Crippen molar-refractivity contribution in [2.75, 3.05) is 13.2 Å². The first-order valence-electron chi connectivity index (χ1n) is 18.6. The minimum atomic E-state index is -1.97. The van der Waals surface area contributed by atoms with Crippen LogP contribution in [0, 0.1) is 28.1 Å². The molecule has 1 aromatic rings. The molecule has 268 valence electrons. The normalized spacial score (nSPS) is 35.9. The summed E-state index contributed by atoms with van der Waals surface area (Å²) < 4.78 is 20.1. The van der Waals surface area contributed by atoms with E-state index in [9.17, 15) is 4.79 Å².